The lowest BCUT2D eigenvalue weighted by atomic mass is 10.2. The highest BCUT2D eigenvalue weighted by Crippen LogP contribution is 2.37. The second-order valence-electron chi connectivity index (χ2n) is 5.80. The van der Waals surface area contributed by atoms with Gasteiger partial charge >= 0.3 is 0 Å². The molecule has 0 bridgehead atoms. The molecule has 3 heterocycles. The second kappa shape index (κ2) is 7.98. The van der Waals surface area contributed by atoms with Crippen molar-refractivity contribution in [2.45, 2.75) is 23.0 Å². The van der Waals surface area contributed by atoms with Gasteiger partial charge in [0.05, 0.1) is 31.6 Å². The molecule has 2 aliphatic rings. The van der Waals surface area contributed by atoms with Crippen LogP contribution < -0.4 is 9.47 Å². The van der Waals surface area contributed by atoms with E-state index < -0.39 is 0 Å². The van der Waals surface area contributed by atoms with Crippen molar-refractivity contribution >= 4 is 23.1 Å². The molecule has 0 fully saturated rings. The van der Waals surface area contributed by atoms with Crippen LogP contribution in [0.25, 0.3) is 11.5 Å². The Labute approximate surface area is 165 Å². The van der Waals surface area contributed by atoms with Gasteiger partial charge in [-0.1, -0.05) is 0 Å². The van der Waals surface area contributed by atoms with Crippen LogP contribution in [0.4, 0.5) is 0 Å². The maximum atomic E-state index is 5.45. The van der Waals surface area contributed by atoms with Gasteiger partial charge < -0.3 is 14.0 Å². The zero-order valence-corrected chi connectivity index (χ0v) is 16.6. The molecule has 2 aliphatic heterocycles. The van der Waals surface area contributed by atoms with Crippen molar-refractivity contribution in [2.24, 2.45) is 0 Å². The number of benzene rings is 1. The summed E-state index contributed by atoms with van der Waals surface area (Å²) in [5.74, 6) is 2.37. The standard InChI is InChI=1S/C19H18N4O2S2/c1-24-14-3-4-16(25-2)17(9-14)27-19-21-15-10-20-12-23(18(15)22-19)7-5-13-6-8-26-11-13/h3-4,6,8-12H,5,7H2,1-2H3. The molecule has 0 N–H and O–H groups in total. The fourth-order valence-corrected chi connectivity index (χ4v) is 4.32. The maximum absolute atomic E-state index is 5.45. The minimum absolute atomic E-state index is 0.661. The normalized spacial score (nSPS) is 11.0. The molecule has 1 aromatic carbocycles. The number of nitrogens with zero attached hydrogens (tertiary/aromatic N) is 4. The van der Waals surface area contributed by atoms with E-state index in [2.05, 4.69) is 26.8 Å². The Bertz CT molecular complexity index is 1000. The molecule has 4 rings (SSSR count). The lowest BCUT2D eigenvalue weighted by molar-refractivity contribution is 0.394. The van der Waals surface area contributed by atoms with Crippen LogP contribution in [0.1, 0.15) is 5.56 Å². The van der Waals surface area contributed by atoms with Crippen LogP contribution in [-0.2, 0) is 13.0 Å². The molecule has 0 amide bonds. The van der Waals surface area contributed by atoms with Crippen molar-refractivity contribution in [2.75, 3.05) is 14.2 Å². The highest BCUT2D eigenvalue weighted by molar-refractivity contribution is 7.99. The summed E-state index contributed by atoms with van der Waals surface area (Å²) in [6.07, 6.45) is 4.49. The van der Waals surface area contributed by atoms with Gasteiger partial charge in [0.15, 0.2) is 11.0 Å². The van der Waals surface area contributed by atoms with Crippen molar-refractivity contribution in [1.29, 1.82) is 0 Å². The first-order chi connectivity index (χ1) is 13.3. The topological polar surface area (TPSA) is 62.1 Å². The summed E-state index contributed by atoms with van der Waals surface area (Å²) in [7, 11) is 3.29. The van der Waals surface area contributed by atoms with Crippen molar-refractivity contribution < 1.29 is 9.47 Å². The van der Waals surface area contributed by atoms with E-state index in [1.54, 1.807) is 31.8 Å². The first kappa shape index (κ1) is 17.8. The quantitative estimate of drug-likeness (QED) is 0.464. The summed E-state index contributed by atoms with van der Waals surface area (Å²) in [5.41, 5.74) is 2.10. The number of aromatic nitrogens is 4. The van der Waals surface area contributed by atoms with Crippen LogP contribution in [0, 0.1) is 0 Å². The SMILES string of the molecule is COc1ccc(OC)c(Sc2nc3cncn(CCc4ccsc4)c-3n2)c1. The van der Waals surface area contributed by atoms with E-state index in [4.69, 9.17) is 14.5 Å². The third kappa shape index (κ3) is 3.91. The van der Waals surface area contributed by atoms with Crippen molar-refractivity contribution in [3.8, 4) is 23.0 Å². The summed E-state index contributed by atoms with van der Waals surface area (Å²) in [5, 5.41) is 4.92. The lowest BCUT2D eigenvalue weighted by Crippen LogP contribution is -2.06. The highest BCUT2D eigenvalue weighted by atomic mass is 32.2. The van der Waals surface area contributed by atoms with Gasteiger partial charge in [0, 0.05) is 6.54 Å². The average molecular weight is 399 g/mol. The van der Waals surface area contributed by atoms with Gasteiger partial charge in [0.25, 0.3) is 0 Å². The number of hydrogen-bond donors (Lipinski definition) is 0. The summed E-state index contributed by atoms with van der Waals surface area (Å²) in [4.78, 5) is 14.5. The van der Waals surface area contributed by atoms with Gasteiger partial charge in [-0.05, 0) is 58.8 Å². The molecule has 138 valence electrons. The van der Waals surface area contributed by atoms with Gasteiger partial charge in [-0.3, -0.25) is 0 Å². The van der Waals surface area contributed by atoms with E-state index in [9.17, 15) is 0 Å². The van der Waals surface area contributed by atoms with Crippen LogP contribution in [0.2, 0.25) is 0 Å². The number of imidazole rings is 1. The third-order valence-electron chi connectivity index (χ3n) is 4.12. The predicted octanol–water partition coefficient (Wildman–Crippen LogP) is 4.25. The van der Waals surface area contributed by atoms with Gasteiger partial charge in [-0.25, -0.2) is 15.0 Å². The number of fused-ring (bicyclic) bond motifs is 1. The number of methoxy groups -OCH3 is 2. The van der Waals surface area contributed by atoms with E-state index in [0.717, 1.165) is 40.9 Å². The van der Waals surface area contributed by atoms with E-state index in [-0.39, 0.29) is 0 Å². The number of hydrogen-bond acceptors (Lipinski definition) is 7. The Hall–Kier alpha value is -2.58. The minimum Gasteiger partial charge on any atom is -0.497 e. The molecule has 0 unspecified atom stereocenters. The molecule has 8 heteroatoms. The zero-order valence-electron chi connectivity index (χ0n) is 15.0. The monoisotopic (exact) mass is 398 g/mol. The predicted molar refractivity (Wildman–Crippen MR) is 106 cm³/mol. The lowest BCUT2D eigenvalue weighted by Gasteiger charge is -2.08. The second-order valence-corrected chi connectivity index (χ2v) is 7.59. The van der Waals surface area contributed by atoms with Gasteiger partial charge in [0.1, 0.15) is 17.2 Å². The first-order valence-corrected chi connectivity index (χ1v) is 10.1. The van der Waals surface area contributed by atoms with E-state index in [1.165, 1.54) is 17.3 Å². The van der Waals surface area contributed by atoms with E-state index in [1.807, 2.05) is 29.1 Å². The number of ether oxygens (including phenoxy) is 2. The summed E-state index contributed by atoms with van der Waals surface area (Å²) < 4.78 is 12.8. The number of aryl methyl sites for hydroxylation is 2. The fraction of sp³-hybridized carbons (Fsp3) is 0.211. The Balaban J connectivity index is 1.60. The summed E-state index contributed by atoms with van der Waals surface area (Å²) in [6.45, 7) is 0.812. The van der Waals surface area contributed by atoms with Gasteiger partial charge in [-0.15, -0.1) is 0 Å². The first-order valence-electron chi connectivity index (χ1n) is 8.35. The van der Waals surface area contributed by atoms with Crippen LogP contribution in [0.15, 0.2) is 57.6 Å². The average Bonchev–Trinajstić information content (AvgIpc) is 3.35. The molecule has 6 nitrogen and oxygen atoms in total. The van der Waals surface area contributed by atoms with Crippen LogP contribution in [-0.4, -0.2) is 33.7 Å². The van der Waals surface area contributed by atoms with Crippen LogP contribution >= 0.6 is 23.1 Å². The highest BCUT2D eigenvalue weighted by Gasteiger charge is 2.17. The molecule has 0 aliphatic carbocycles. The smallest absolute Gasteiger partial charge is 0.195 e. The van der Waals surface area contributed by atoms with Crippen LogP contribution in [0.5, 0.6) is 11.5 Å². The van der Waals surface area contributed by atoms with E-state index >= 15 is 0 Å². The summed E-state index contributed by atoms with van der Waals surface area (Å²) in [6, 6.07) is 7.82. The molecule has 0 saturated carbocycles. The van der Waals surface area contributed by atoms with Gasteiger partial charge in [0.2, 0.25) is 0 Å². The molecule has 2 aromatic rings. The summed E-state index contributed by atoms with van der Waals surface area (Å²) >= 11 is 3.16. The van der Waals surface area contributed by atoms with Crippen molar-refractivity contribution in [1.82, 2.24) is 19.5 Å². The Morgan fingerprint density at radius 1 is 1.15 bits per heavy atom. The Morgan fingerprint density at radius 2 is 2.07 bits per heavy atom. The molecular weight excluding hydrogens is 380 g/mol. The van der Waals surface area contributed by atoms with Crippen molar-refractivity contribution in [3.05, 3.63) is 53.1 Å². The molecule has 0 radical (unpaired) electrons. The largest absolute Gasteiger partial charge is 0.497 e. The third-order valence-corrected chi connectivity index (χ3v) is 5.75. The zero-order chi connectivity index (χ0) is 18.6. The van der Waals surface area contributed by atoms with Crippen molar-refractivity contribution in [3.63, 3.8) is 0 Å². The molecule has 27 heavy (non-hydrogen) atoms. The maximum Gasteiger partial charge on any atom is 0.195 e. The molecular formula is C19H18N4O2S2. The minimum atomic E-state index is 0.661. The molecule has 1 aromatic heterocycles. The van der Waals surface area contributed by atoms with Gasteiger partial charge in [-0.2, -0.15) is 11.3 Å². The molecule has 0 atom stereocenters. The Morgan fingerprint density at radius 3 is 2.85 bits per heavy atom. The molecule has 0 spiro atoms. The Kier molecular flexibility index (Phi) is 5.26. The van der Waals surface area contributed by atoms with Crippen LogP contribution in [0.3, 0.4) is 0 Å². The fourth-order valence-electron chi connectivity index (χ4n) is 2.72. The van der Waals surface area contributed by atoms with E-state index in [0.29, 0.717) is 5.16 Å². The molecule has 0 saturated heterocycles. The number of thiophene rings is 1. The number of rotatable bonds is 7.